The predicted octanol–water partition coefficient (Wildman–Crippen LogP) is 2.48. The van der Waals surface area contributed by atoms with E-state index in [0.717, 1.165) is 16.6 Å². The van der Waals surface area contributed by atoms with Gasteiger partial charge in [0.1, 0.15) is 5.69 Å². The Hall–Kier alpha value is -3.61. The van der Waals surface area contributed by atoms with E-state index in [-0.39, 0.29) is 11.6 Å². The maximum absolute atomic E-state index is 12.7. The molecule has 7 nitrogen and oxygen atoms in total. The van der Waals surface area contributed by atoms with E-state index in [1.54, 1.807) is 0 Å². The molecule has 0 aliphatic carbocycles. The monoisotopic (exact) mass is 347 g/mol. The molecule has 0 spiro atoms. The highest BCUT2D eigenvalue weighted by Gasteiger charge is 2.19. The number of nitrogens with one attached hydrogen (secondary N) is 4. The van der Waals surface area contributed by atoms with Crippen molar-refractivity contribution in [3.63, 3.8) is 0 Å². The first-order valence-corrected chi connectivity index (χ1v) is 8.21. The van der Waals surface area contributed by atoms with Crippen molar-refractivity contribution < 1.29 is 4.79 Å². The summed E-state index contributed by atoms with van der Waals surface area (Å²) in [5.41, 5.74) is 4.86. The molecule has 4 aromatic rings. The van der Waals surface area contributed by atoms with Crippen LogP contribution in [0.2, 0.25) is 0 Å². The van der Waals surface area contributed by atoms with Gasteiger partial charge >= 0.3 is 5.69 Å². The summed E-state index contributed by atoms with van der Waals surface area (Å²) in [5.74, 6) is -0.197. The SMILES string of the molecule is Cc1[nH]nc(-c2ccccc2)c1C(=O)NCc1ccc2[nH]c(=O)[nH]c2c1. The number of carbonyl (C=O) groups excluding carboxylic acids is 1. The lowest BCUT2D eigenvalue weighted by atomic mass is 10.1. The fourth-order valence-corrected chi connectivity index (χ4v) is 2.97. The Bertz CT molecular complexity index is 1140. The zero-order chi connectivity index (χ0) is 18.1. The minimum atomic E-state index is -0.247. The van der Waals surface area contributed by atoms with E-state index in [9.17, 15) is 9.59 Å². The van der Waals surface area contributed by atoms with Gasteiger partial charge in [-0.25, -0.2) is 4.79 Å². The number of hydrogen-bond donors (Lipinski definition) is 4. The molecule has 0 aliphatic rings. The number of aromatic amines is 3. The van der Waals surface area contributed by atoms with E-state index < -0.39 is 0 Å². The molecule has 4 N–H and O–H groups in total. The zero-order valence-corrected chi connectivity index (χ0v) is 14.1. The van der Waals surface area contributed by atoms with Crippen LogP contribution in [0, 0.1) is 6.92 Å². The minimum Gasteiger partial charge on any atom is -0.348 e. The van der Waals surface area contributed by atoms with E-state index in [2.05, 4.69) is 25.5 Å². The molecule has 0 bridgehead atoms. The molecule has 0 aliphatic heterocycles. The second-order valence-corrected chi connectivity index (χ2v) is 6.08. The van der Waals surface area contributed by atoms with E-state index in [1.165, 1.54) is 0 Å². The third kappa shape index (κ3) is 2.90. The van der Waals surface area contributed by atoms with Crippen LogP contribution < -0.4 is 11.0 Å². The quantitative estimate of drug-likeness (QED) is 0.455. The maximum Gasteiger partial charge on any atom is 0.323 e. The Morgan fingerprint density at radius 3 is 2.65 bits per heavy atom. The van der Waals surface area contributed by atoms with Crippen molar-refractivity contribution in [1.82, 2.24) is 25.5 Å². The summed E-state index contributed by atoms with van der Waals surface area (Å²) in [5, 5.41) is 10.1. The Kier molecular flexibility index (Phi) is 3.89. The lowest BCUT2D eigenvalue weighted by Gasteiger charge is -2.07. The lowest BCUT2D eigenvalue weighted by molar-refractivity contribution is 0.0951. The molecule has 0 radical (unpaired) electrons. The number of benzene rings is 2. The molecule has 26 heavy (non-hydrogen) atoms. The van der Waals surface area contributed by atoms with Gasteiger partial charge in [-0.05, 0) is 24.6 Å². The number of H-pyrrole nitrogens is 3. The number of imidazole rings is 1. The van der Waals surface area contributed by atoms with Crippen molar-refractivity contribution in [3.05, 3.63) is 75.8 Å². The van der Waals surface area contributed by atoms with Crippen molar-refractivity contribution in [2.75, 3.05) is 0 Å². The molecule has 2 heterocycles. The van der Waals surface area contributed by atoms with E-state index in [4.69, 9.17) is 0 Å². The molecule has 0 fully saturated rings. The van der Waals surface area contributed by atoms with Gasteiger partial charge in [0, 0.05) is 17.8 Å². The third-order valence-corrected chi connectivity index (χ3v) is 4.25. The standard InChI is InChI=1S/C19H17N5O2/c1-11-16(17(24-23-11)13-5-3-2-4-6-13)18(25)20-10-12-7-8-14-15(9-12)22-19(26)21-14/h2-9H,10H2,1H3,(H,20,25)(H,23,24)(H2,21,22,26). The summed E-state index contributed by atoms with van der Waals surface area (Å²) in [6.07, 6.45) is 0. The summed E-state index contributed by atoms with van der Waals surface area (Å²) in [6, 6.07) is 15.1. The number of carbonyl (C=O) groups is 1. The molecule has 0 atom stereocenters. The number of fused-ring (bicyclic) bond motifs is 1. The smallest absolute Gasteiger partial charge is 0.323 e. The van der Waals surface area contributed by atoms with Gasteiger partial charge in [-0.1, -0.05) is 36.4 Å². The molecular formula is C19H17N5O2. The summed E-state index contributed by atoms with van der Waals surface area (Å²) < 4.78 is 0. The van der Waals surface area contributed by atoms with Crippen LogP contribution in [0.25, 0.3) is 22.3 Å². The van der Waals surface area contributed by atoms with Gasteiger partial charge in [0.2, 0.25) is 0 Å². The zero-order valence-electron chi connectivity index (χ0n) is 14.1. The number of aromatic nitrogens is 4. The number of aryl methyl sites for hydroxylation is 1. The Balaban J connectivity index is 1.56. The van der Waals surface area contributed by atoms with Crippen LogP contribution in [0.4, 0.5) is 0 Å². The van der Waals surface area contributed by atoms with Crippen molar-refractivity contribution in [1.29, 1.82) is 0 Å². The van der Waals surface area contributed by atoms with Crippen molar-refractivity contribution in [3.8, 4) is 11.3 Å². The largest absolute Gasteiger partial charge is 0.348 e. The van der Waals surface area contributed by atoms with Gasteiger partial charge in [0.25, 0.3) is 5.91 Å². The van der Waals surface area contributed by atoms with Gasteiger partial charge in [-0.2, -0.15) is 5.10 Å². The molecule has 0 saturated heterocycles. The van der Waals surface area contributed by atoms with Crippen LogP contribution in [0.15, 0.2) is 53.3 Å². The topological polar surface area (TPSA) is 106 Å². The Labute approximate surface area is 148 Å². The normalized spacial score (nSPS) is 11.0. The lowest BCUT2D eigenvalue weighted by Crippen LogP contribution is -2.23. The van der Waals surface area contributed by atoms with Crippen LogP contribution >= 0.6 is 0 Å². The molecule has 1 amide bonds. The van der Waals surface area contributed by atoms with E-state index in [0.29, 0.717) is 29.0 Å². The van der Waals surface area contributed by atoms with Gasteiger partial charge < -0.3 is 15.3 Å². The van der Waals surface area contributed by atoms with Crippen LogP contribution in [0.3, 0.4) is 0 Å². The summed E-state index contributed by atoms with van der Waals surface area (Å²) in [6.45, 7) is 2.17. The summed E-state index contributed by atoms with van der Waals surface area (Å²) in [4.78, 5) is 29.5. The fraction of sp³-hybridized carbons (Fsp3) is 0.105. The van der Waals surface area contributed by atoms with Crippen LogP contribution in [-0.2, 0) is 6.54 Å². The van der Waals surface area contributed by atoms with Gasteiger partial charge in [0.15, 0.2) is 0 Å². The molecule has 2 aromatic heterocycles. The van der Waals surface area contributed by atoms with Crippen LogP contribution in [-0.4, -0.2) is 26.1 Å². The van der Waals surface area contributed by atoms with Crippen LogP contribution in [0.1, 0.15) is 21.6 Å². The van der Waals surface area contributed by atoms with Gasteiger partial charge in [-0.3, -0.25) is 9.89 Å². The molecular weight excluding hydrogens is 330 g/mol. The number of amides is 1. The molecule has 0 unspecified atom stereocenters. The first-order chi connectivity index (χ1) is 12.6. The highest BCUT2D eigenvalue weighted by molar-refractivity contribution is 6.01. The fourth-order valence-electron chi connectivity index (χ4n) is 2.97. The van der Waals surface area contributed by atoms with Gasteiger partial charge in [0.05, 0.1) is 16.6 Å². The Morgan fingerprint density at radius 2 is 1.85 bits per heavy atom. The number of nitrogens with zero attached hydrogens (tertiary/aromatic N) is 1. The highest BCUT2D eigenvalue weighted by Crippen LogP contribution is 2.23. The average molecular weight is 347 g/mol. The molecule has 2 aromatic carbocycles. The summed E-state index contributed by atoms with van der Waals surface area (Å²) in [7, 11) is 0. The number of hydrogen-bond acceptors (Lipinski definition) is 3. The minimum absolute atomic E-state index is 0.197. The third-order valence-electron chi connectivity index (χ3n) is 4.25. The summed E-state index contributed by atoms with van der Waals surface area (Å²) >= 11 is 0. The average Bonchev–Trinajstić information content (AvgIpc) is 3.21. The van der Waals surface area contributed by atoms with Gasteiger partial charge in [-0.15, -0.1) is 0 Å². The molecule has 4 rings (SSSR count). The number of rotatable bonds is 4. The van der Waals surface area contributed by atoms with E-state index >= 15 is 0 Å². The maximum atomic E-state index is 12.7. The first kappa shape index (κ1) is 15.9. The highest BCUT2D eigenvalue weighted by atomic mass is 16.2. The molecule has 7 heteroatoms. The first-order valence-electron chi connectivity index (χ1n) is 8.21. The predicted molar refractivity (Wildman–Crippen MR) is 98.9 cm³/mol. The van der Waals surface area contributed by atoms with Crippen molar-refractivity contribution >= 4 is 16.9 Å². The second-order valence-electron chi connectivity index (χ2n) is 6.08. The Morgan fingerprint density at radius 1 is 1.08 bits per heavy atom. The molecule has 0 saturated carbocycles. The van der Waals surface area contributed by atoms with Crippen LogP contribution in [0.5, 0.6) is 0 Å². The second kappa shape index (κ2) is 6.36. The van der Waals surface area contributed by atoms with Crippen molar-refractivity contribution in [2.45, 2.75) is 13.5 Å². The van der Waals surface area contributed by atoms with Crippen molar-refractivity contribution in [2.24, 2.45) is 0 Å². The molecule has 130 valence electrons. The van der Waals surface area contributed by atoms with E-state index in [1.807, 2.05) is 55.5 Å².